The van der Waals surface area contributed by atoms with Gasteiger partial charge in [0.1, 0.15) is 0 Å². The van der Waals surface area contributed by atoms with Crippen molar-refractivity contribution in [3.8, 4) is 6.07 Å². The Balaban J connectivity index is 2.65. The van der Waals surface area contributed by atoms with Crippen LogP contribution in [0.5, 0.6) is 0 Å². The molecule has 0 aromatic carbocycles. The van der Waals surface area contributed by atoms with Gasteiger partial charge in [-0.25, -0.2) is 0 Å². The molecule has 0 saturated carbocycles. The van der Waals surface area contributed by atoms with Crippen LogP contribution in [0.2, 0.25) is 0 Å². The molecule has 0 radical (unpaired) electrons. The normalized spacial score (nSPS) is 26.4. The maximum Gasteiger partial charge on any atom is 0.310 e. The van der Waals surface area contributed by atoms with Crippen LogP contribution in [0.4, 0.5) is 0 Å². The third-order valence-electron chi connectivity index (χ3n) is 1.81. The monoisotopic (exact) mass is 183 g/mol. The molecule has 1 atom stereocenters. The lowest BCUT2D eigenvalue weighted by Crippen LogP contribution is -2.51. The molecule has 0 aliphatic carbocycles. The SMILES string of the molecule is N#CC1(NC(=O)C(N)=O)CCOC1. The molecular formula is C7H9N3O3. The lowest BCUT2D eigenvalue weighted by Gasteiger charge is -2.18. The molecule has 13 heavy (non-hydrogen) atoms. The number of nitrogens with one attached hydrogen (secondary N) is 1. The number of amides is 2. The zero-order chi connectivity index (χ0) is 9.90. The van der Waals surface area contributed by atoms with Crippen LogP contribution < -0.4 is 11.1 Å². The highest BCUT2D eigenvalue weighted by Gasteiger charge is 2.37. The second kappa shape index (κ2) is 3.41. The van der Waals surface area contributed by atoms with Crippen LogP contribution in [0.25, 0.3) is 0 Å². The molecule has 1 rings (SSSR count). The Morgan fingerprint density at radius 1 is 1.62 bits per heavy atom. The number of carbonyl (C=O) groups excluding carboxylic acids is 2. The fraction of sp³-hybridized carbons (Fsp3) is 0.571. The Bertz CT molecular complexity index is 275. The van der Waals surface area contributed by atoms with Gasteiger partial charge >= 0.3 is 11.8 Å². The Labute approximate surface area is 74.6 Å². The molecule has 0 spiro atoms. The topological polar surface area (TPSA) is 105 Å². The van der Waals surface area contributed by atoms with Crippen LogP contribution in [0.3, 0.4) is 0 Å². The number of nitrogens with zero attached hydrogens (tertiary/aromatic N) is 1. The van der Waals surface area contributed by atoms with Crippen molar-refractivity contribution in [3.63, 3.8) is 0 Å². The van der Waals surface area contributed by atoms with Gasteiger partial charge in [-0.1, -0.05) is 0 Å². The molecule has 1 fully saturated rings. The Kier molecular flexibility index (Phi) is 2.49. The minimum Gasteiger partial charge on any atom is -0.378 e. The highest BCUT2D eigenvalue weighted by atomic mass is 16.5. The summed E-state index contributed by atoms with van der Waals surface area (Å²) < 4.78 is 4.94. The van der Waals surface area contributed by atoms with Crippen molar-refractivity contribution >= 4 is 11.8 Å². The second-order valence-corrected chi connectivity index (χ2v) is 2.81. The van der Waals surface area contributed by atoms with Crippen LogP contribution in [0.15, 0.2) is 0 Å². The minimum absolute atomic E-state index is 0.0997. The van der Waals surface area contributed by atoms with E-state index in [1.165, 1.54) is 0 Å². The zero-order valence-electron chi connectivity index (χ0n) is 6.87. The van der Waals surface area contributed by atoms with Crippen molar-refractivity contribution in [1.82, 2.24) is 5.32 Å². The largest absolute Gasteiger partial charge is 0.378 e. The number of hydrogen-bond acceptors (Lipinski definition) is 4. The summed E-state index contributed by atoms with van der Waals surface area (Å²) in [5, 5.41) is 11.0. The summed E-state index contributed by atoms with van der Waals surface area (Å²) in [6.07, 6.45) is 0.377. The van der Waals surface area contributed by atoms with Crippen molar-refractivity contribution in [1.29, 1.82) is 5.26 Å². The van der Waals surface area contributed by atoms with Gasteiger partial charge in [-0.3, -0.25) is 9.59 Å². The number of hydrogen-bond donors (Lipinski definition) is 2. The number of nitriles is 1. The Morgan fingerprint density at radius 2 is 2.31 bits per heavy atom. The summed E-state index contributed by atoms with van der Waals surface area (Å²) in [4.78, 5) is 21.3. The van der Waals surface area contributed by atoms with E-state index in [0.717, 1.165) is 0 Å². The molecule has 6 nitrogen and oxygen atoms in total. The van der Waals surface area contributed by atoms with Crippen molar-refractivity contribution in [2.24, 2.45) is 5.73 Å². The van der Waals surface area contributed by atoms with Crippen LogP contribution in [-0.4, -0.2) is 30.6 Å². The molecule has 1 unspecified atom stereocenters. The number of ether oxygens (including phenoxy) is 1. The molecule has 0 bridgehead atoms. The summed E-state index contributed by atoms with van der Waals surface area (Å²) in [6, 6.07) is 1.90. The van der Waals surface area contributed by atoms with E-state index in [0.29, 0.717) is 13.0 Å². The van der Waals surface area contributed by atoms with E-state index >= 15 is 0 Å². The van der Waals surface area contributed by atoms with Gasteiger partial charge in [-0.15, -0.1) is 0 Å². The first kappa shape index (κ1) is 9.48. The number of carbonyl (C=O) groups is 2. The van der Waals surface area contributed by atoms with Gasteiger partial charge < -0.3 is 15.8 Å². The van der Waals surface area contributed by atoms with Gasteiger partial charge in [0.2, 0.25) is 0 Å². The fourth-order valence-electron chi connectivity index (χ4n) is 1.06. The molecule has 70 valence electrons. The highest BCUT2D eigenvalue weighted by molar-refractivity contribution is 6.34. The predicted octanol–water partition coefficient (Wildman–Crippen LogP) is -1.73. The first-order valence-corrected chi connectivity index (χ1v) is 3.70. The zero-order valence-corrected chi connectivity index (χ0v) is 6.87. The van der Waals surface area contributed by atoms with Gasteiger partial charge in [-0.2, -0.15) is 5.26 Å². The second-order valence-electron chi connectivity index (χ2n) is 2.81. The van der Waals surface area contributed by atoms with E-state index in [-0.39, 0.29) is 6.61 Å². The summed E-state index contributed by atoms with van der Waals surface area (Å²) in [6.45, 7) is 0.495. The van der Waals surface area contributed by atoms with Crippen molar-refractivity contribution in [3.05, 3.63) is 0 Å². The maximum absolute atomic E-state index is 10.9. The molecule has 1 heterocycles. The summed E-state index contributed by atoms with van der Waals surface area (Å²) in [5.41, 5.74) is 3.65. The van der Waals surface area contributed by atoms with E-state index in [2.05, 4.69) is 5.32 Å². The molecule has 2 amide bonds. The fourth-order valence-corrected chi connectivity index (χ4v) is 1.06. The lowest BCUT2D eigenvalue weighted by atomic mass is 10.0. The number of nitrogens with two attached hydrogens (primary N) is 1. The first-order valence-electron chi connectivity index (χ1n) is 3.70. The van der Waals surface area contributed by atoms with Crippen LogP contribution in [-0.2, 0) is 14.3 Å². The summed E-state index contributed by atoms with van der Waals surface area (Å²) in [5.74, 6) is -2.05. The molecule has 1 aliphatic heterocycles. The predicted molar refractivity (Wildman–Crippen MR) is 41.1 cm³/mol. The van der Waals surface area contributed by atoms with E-state index in [1.54, 1.807) is 0 Å². The van der Waals surface area contributed by atoms with Crippen LogP contribution in [0.1, 0.15) is 6.42 Å². The van der Waals surface area contributed by atoms with Gasteiger partial charge in [0.05, 0.1) is 19.3 Å². The summed E-state index contributed by atoms with van der Waals surface area (Å²) in [7, 11) is 0. The van der Waals surface area contributed by atoms with Crippen LogP contribution >= 0.6 is 0 Å². The van der Waals surface area contributed by atoms with Crippen LogP contribution in [0, 0.1) is 11.3 Å². The number of primary amides is 1. The molecular weight excluding hydrogens is 174 g/mol. The lowest BCUT2D eigenvalue weighted by molar-refractivity contribution is -0.138. The van der Waals surface area contributed by atoms with Gasteiger partial charge in [0, 0.05) is 6.42 Å². The smallest absolute Gasteiger partial charge is 0.310 e. The maximum atomic E-state index is 10.9. The Hall–Kier alpha value is -1.61. The molecule has 6 heteroatoms. The quantitative estimate of drug-likeness (QED) is 0.471. The first-order chi connectivity index (χ1) is 6.09. The number of rotatable bonds is 1. The molecule has 3 N–H and O–H groups in total. The third-order valence-corrected chi connectivity index (χ3v) is 1.81. The average molecular weight is 183 g/mol. The van der Waals surface area contributed by atoms with E-state index < -0.39 is 17.4 Å². The minimum atomic E-state index is -1.10. The van der Waals surface area contributed by atoms with Crippen molar-refractivity contribution in [2.45, 2.75) is 12.0 Å². The van der Waals surface area contributed by atoms with Gasteiger partial charge in [0.15, 0.2) is 5.54 Å². The standard InChI is InChI=1S/C7H9N3O3/c8-3-7(1-2-13-4-7)10-6(12)5(9)11/h1-2,4H2,(H2,9,11)(H,10,12). The average Bonchev–Trinajstić information content (AvgIpc) is 2.54. The van der Waals surface area contributed by atoms with Crippen molar-refractivity contribution < 1.29 is 14.3 Å². The summed E-state index contributed by atoms with van der Waals surface area (Å²) >= 11 is 0. The molecule has 0 aromatic rings. The van der Waals surface area contributed by atoms with Gasteiger partial charge in [0.25, 0.3) is 0 Å². The van der Waals surface area contributed by atoms with E-state index in [9.17, 15) is 9.59 Å². The molecule has 0 aromatic heterocycles. The molecule has 1 aliphatic rings. The van der Waals surface area contributed by atoms with Gasteiger partial charge in [-0.05, 0) is 0 Å². The van der Waals surface area contributed by atoms with E-state index in [4.69, 9.17) is 15.7 Å². The molecule has 1 saturated heterocycles. The highest BCUT2D eigenvalue weighted by Crippen LogP contribution is 2.16. The van der Waals surface area contributed by atoms with E-state index in [1.807, 2.05) is 6.07 Å². The Morgan fingerprint density at radius 3 is 2.69 bits per heavy atom. The van der Waals surface area contributed by atoms with Crippen molar-refractivity contribution in [2.75, 3.05) is 13.2 Å². The third kappa shape index (κ3) is 1.95.